The van der Waals surface area contributed by atoms with Gasteiger partial charge in [0.2, 0.25) is 0 Å². The van der Waals surface area contributed by atoms with E-state index in [2.05, 4.69) is 20.8 Å². The number of nitrogens with zero attached hydrogens (tertiary/aromatic N) is 1. The van der Waals surface area contributed by atoms with Crippen molar-refractivity contribution in [3.8, 4) is 11.5 Å². The molecule has 0 saturated heterocycles. The SMILES string of the molecule is CN(C)CCOc1ccc(C(C)(C)C)cc1C(=O)C=Cc1ccc(O)c(F)c1. The van der Waals surface area contributed by atoms with Gasteiger partial charge in [-0.25, -0.2) is 4.39 Å². The number of hydrogen-bond donors (Lipinski definition) is 1. The van der Waals surface area contributed by atoms with E-state index in [0.29, 0.717) is 23.5 Å². The lowest BCUT2D eigenvalue weighted by Gasteiger charge is -2.21. The van der Waals surface area contributed by atoms with Crippen LogP contribution in [0.5, 0.6) is 11.5 Å². The molecule has 0 saturated carbocycles. The van der Waals surface area contributed by atoms with Gasteiger partial charge in [-0.05, 0) is 61.0 Å². The van der Waals surface area contributed by atoms with Crippen LogP contribution in [0, 0.1) is 5.82 Å². The smallest absolute Gasteiger partial charge is 0.189 e. The first kappa shape index (κ1) is 21.6. The van der Waals surface area contributed by atoms with Crippen molar-refractivity contribution in [1.82, 2.24) is 4.90 Å². The molecule has 4 nitrogen and oxygen atoms in total. The van der Waals surface area contributed by atoms with E-state index in [9.17, 15) is 14.3 Å². The van der Waals surface area contributed by atoms with Gasteiger partial charge in [0.15, 0.2) is 17.3 Å². The van der Waals surface area contributed by atoms with Crippen molar-refractivity contribution in [1.29, 1.82) is 0 Å². The fraction of sp³-hybridized carbons (Fsp3) is 0.348. The third-order valence-electron chi connectivity index (χ3n) is 4.31. The molecule has 5 heteroatoms. The average molecular weight is 385 g/mol. The summed E-state index contributed by atoms with van der Waals surface area (Å²) >= 11 is 0. The standard InChI is InChI=1S/C23H28FNO3/c1-23(2,3)17-8-11-22(28-13-12-25(4)5)18(15-17)20(26)9-6-16-7-10-21(27)19(24)14-16/h6-11,14-15,27H,12-13H2,1-5H3. The minimum atomic E-state index is -0.725. The molecule has 150 valence electrons. The van der Waals surface area contributed by atoms with Crippen molar-refractivity contribution in [2.24, 2.45) is 0 Å². The Bertz CT molecular complexity index is 867. The molecular formula is C23H28FNO3. The topological polar surface area (TPSA) is 49.8 Å². The zero-order valence-electron chi connectivity index (χ0n) is 17.1. The Labute approximate surface area is 166 Å². The van der Waals surface area contributed by atoms with Gasteiger partial charge in [0.05, 0.1) is 5.56 Å². The monoisotopic (exact) mass is 385 g/mol. The molecule has 0 aliphatic carbocycles. The number of benzene rings is 2. The van der Waals surface area contributed by atoms with E-state index >= 15 is 0 Å². The van der Waals surface area contributed by atoms with Crippen LogP contribution in [-0.2, 0) is 5.41 Å². The molecule has 2 aromatic carbocycles. The number of carbonyl (C=O) groups is 1. The highest BCUT2D eigenvalue weighted by atomic mass is 19.1. The highest BCUT2D eigenvalue weighted by Crippen LogP contribution is 2.29. The number of allylic oxidation sites excluding steroid dienone is 1. The van der Waals surface area contributed by atoms with Crippen LogP contribution in [0.1, 0.15) is 42.3 Å². The Balaban J connectivity index is 2.31. The maximum Gasteiger partial charge on any atom is 0.189 e. The molecule has 28 heavy (non-hydrogen) atoms. The summed E-state index contributed by atoms with van der Waals surface area (Å²) in [6.07, 6.45) is 2.92. The van der Waals surface area contributed by atoms with Gasteiger partial charge in [-0.1, -0.05) is 39.0 Å². The van der Waals surface area contributed by atoms with E-state index in [-0.39, 0.29) is 11.2 Å². The number of phenols is 1. The second-order valence-corrected chi connectivity index (χ2v) is 8.02. The molecule has 1 N–H and O–H groups in total. The molecule has 0 unspecified atom stereocenters. The minimum Gasteiger partial charge on any atom is -0.505 e. The first-order valence-electron chi connectivity index (χ1n) is 9.21. The predicted octanol–water partition coefficient (Wildman–Crippen LogP) is 4.67. The summed E-state index contributed by atoms with van der Waals surface area (Å²) in [7, 11) is 3.91. The van der Waals surface area contributed by atoms with Gasteiger partial charge < -0.3 is 14.7 Å². The summed E-state index contributed by atoms with van der Waals surface area (Å²) in [6, 6.07) is 9.64. The predicted molar refractivity (Wildman–Crippen MR) is 111 cm³/mol. The minimum absolute atomic E-state index is 0.110. The largest absolute Gasteiger partial charge is 0.505 e. The molecule has 0 radical (unpaired) electrons. The summed E-state index contributed by atoms with van der Waals surface area (Å²) in [5.41, 5.74) is 1.88. The lowest BCUT2D eigenvalue weighted by molar-refractivity contribution is 0.104. The molecule has 0 aliphatic heterocycles. The molecule has 0 amide bonds. The third-order valence-corrected chi connectivity index (χ3v) is 4.31. The van der Waals surface area contributed by atoms with Crippen LogP contribution >= 0.6 is 0 Å². The Kier molecular flexibility index (Phi) is 6.97. The number of rotatable bonds is 7. The number of phenolic OH excluding ortho intramolecular Hbond substituents is 1. The van der Waals surface area contributed by atoms with Gasteiger partial charge in [0.1, 0.15) is 12.4 Å². The van der Waals surface area contributed by atoms with Gasteiger partial charge in [-0.15, -0.1) is 0 Å². The molecule has 0 aromatic heterocycles. The Morgan fingerprint density at radius 1 is 1.18 bits per heavy atom. The number of halogens is 1. The first-order valence-corrected chi connectivity index (χ1v) is 9.21. The van der Waals surface area contributed by atoms with Crippen LogP contribution in [0.25, 0.3) is 6.08 Å². The fourth-order valence-electron chi connectivity index (χ4n) is 2.54. The Morgan fingerprint density at radius 3 is 2.50 bits per heavy atom. The summed E-state index contributed by atoms with van der Waals surface area (Å²) in [6.45, 7) is 7.45. The van der Waals surface area contributed by atoms with Gasteiger partial charge in [0, 0.05) is 6.54 Å². The van der Waals surface area contributed by atoms with Crippen LogP contribution in [0.2, 0.25) is 0 Å². The van der Waals surface area contributed by atoms with Gasteiger partial charge in [-0.3, -0.25) is 4.79 Å². The van der Waals surface area contributed by atoms with Crippen molar-refractivity contribution in [2.45, 2.75) is 26.2 Å². The third kappa shape index (κ3) is 5.92. The normalized spacial score (nSPS) is 12.0. The summed E-state index contributed by atoms with van der Waals surface area (Å²) < 4.78 is 19.3. The number of hydrogen-bond acceptors (Lipinski definition) is 4. The fourth-order valence-corrected chi connectivity index (χ4v) is 2.54. The molecule has 2 aromatic rings. The average Bonchev–Trinajstić information content (AvgIpc) is 2.61. The maximum absolute atomic E-state index is 13.5. The van der Waals surface area contributed by atoms with Crippen LogP contribution in [0.4, 0.5) is 4.39 Å². The van der Waals surface area contributed by atoms with Gasteiger partial charge in [0.25, 0.3) is 0 Å². The van der Waals surface area contributed by atoms with Crippen molar-refractivity contribution < 1.29 is 19.0 Å². The van der Waals surface area contributed by atoms with Crippen LogP contribution in [-0.4, -0.2) is 43.0 Å². The molecule has 0 spiro atoms. The molecule has 0 bridgehead atoms. The van der Waals surface area contributed by atoms with E-state index in [1.165, 1.54) is 24.3 Å². The maximum atomic E-state index is 13.5. The van der Waals surface area contributed by atoms with Crippen LogP contribution in [0.15, 0.2) is 42.5 Å². The van der Waals surface area contributed by atoms with Crippen LogP contribution in [0.3, 0.4) is 0 Å². The highest BCUT2D eigenvalue weighted by molar-refractivity contribution is 6.08. The molecule has 2 rings (SSSR count). The highest BCUT2D eigenvalue weighted by Gasteiger charge is 2.18. The van der Waals surface area contributed by atoms with Crippen molar-refractivity contribution >= 4 is 11.9 Å². The Hall–Kier alpha value is -2.66. The molecule has 0 fully saturated rings. The zero-order valence-corrected chi connectivity index (χ0v) is 17.1. The van der Waals surface area contributed by atoms with E-state index < -0.39 is 11.6 Å². The van der Waals surface area contributed by atoms with E-state index in [4.69, 9.17) is 4.74 Å². The number of likely N-dealkylation sites (N-methyl/N-ethyl adjacent to an activating group) is 1. The molecular weight excluding hydrogens is 357 g/mol. The number of carbonyl (C=O) groups excluding carboxylic acids is 1. The quantitative estimate of drug-likeness (QED) is 0.556. The molecule has 0 heterocycles. The van der Waals surface area contributed by atoms with E-state index in [1.54, 1.807) is 6.07 Å². The molecule has 0 aliphatic rings. The lowest BCUT2D eigenvalue weighted by Crippen LogP contribution is -2.20. The van der Waals surface area contributed by atoms with Gasteiger partial charge in [-0.2, -0.15) is 0 Å². The second-order valence-electron chi connectivity index (χ2n) is 8.02. The van der Waals surface area contributed by atoms with Crippen molar-refractivity contribution in [2.75, 3.05) is 27.2 Å². The second kappa shape index (κ2) is 9.02. The summed E-state index contributed by atoms with van der Waals surface area (Å²) in [5.74, 6) is -0.837. The Morgan fingerprint density at radius 2 is 1.89 bits per heavy atom. The van der Waals surface area contributed by atoms with Crippen molar-refractivity contribution in [3.63, 3.8) is 0 Å². The number of ketones is 1. The zero-order chi connectivity index (χ0) is 20.9. The molecule has 0 atom stereocenters. The van der Waals surface area contributed by atoms with Gasteiger partial charge >= 0.3 is 0 Å². The van der Waals surface area contributed by atoms with Crippen LogP contribution < -0.4 is 4.74 Å². The van der Waals surface area contributed by atoms with E-state index in [1.807, 2.05) is 37.2 Å². The lowest BCUT2D eigenvalue weighted by atomic mass is 9.85. The summed E-state index contributed by atoms with van der Waals surface area (Å²) in [4.78, 5) is 14.9. The summed E-state index contributed by atoms with van der Waals surface area (Å²) in [5, 5.41) is 9.28. The number of aromatic hydroxyl groups is 1. The number of ether oxygens (including phenoxy) is 1. The van der Waals surface area contributed by atoms with Crippen molar-refractivity contribution in [3.05, 3.63) is 65.0 Å². The first-order chi connectivity index (χ1) is 13.1. The van der Waals surface area contributed by atoms with E-state index in [0.717, 1.165) is 12.1 Å².